The van der Waals surface area contributed by atoms with Crippen LogP contribution in [0.15, 0.2) is 41.3 Å². The van der Waals surface area contributed by atoms with E-state index in [-0.39, 0.29) is 16.8 Å². The molecule has 7 heteroatoms. The third-order valence-electron chi connectivity index (χ3n) is 4.16. The summed E-state index contributed by atoms with van der Waals surface area (Å²) in [6.07, 6.45) is 0. The summed E-state index contributed by atoms with van der Waals surface area (Å²) >= 11 is 0. The molecule has 0 aliphatic carbocycles. The number of rotatable bonds is 4. The topological polar surface area (TPSA) is 85.4 Å². The van der Waals surface area contributed by atoms with Crippen LogP contribution in [-0.4, -0.2) is 30.8 Å². The Kier molecular flexibility index (Phi) is 4.63. The molecule has 124 valence electrons. The van der Waals surface area contributed by atoms with Crippen molar-refractivity contribution in [3.8, 4) is 0 Å². The molecule has 1 aromatic heterocycles. The Morgan fingerprint density at radius 3 is 2.43 bits per heavy atom. The number of hydrogen-bond donors (Lipinski definition) is 1. The zero-order chi connectivity index (χ0) is 17.4. The molecule has 0 fully saturated rings. The summed E-state index contributed by atoms with van der Waals surface area (Å²) in [5.41, 5.74) is 2.28. The molecule has 2 aromatic rings. The van der Waals surface area contributed by atoms with Crippen molar-refractivity contribution in [2.75, 3.05) is 7.05 Å². The number of carbonyl (C=O) groups excluding carboxylic acids is 1. The second kappa shape index (κ2) is 6.17. The van der Waals surface area contributed by atoms with Crippen LogP contribution in [0.2, 0.25) is 0 Å². The maximum atomic E-state index is 12.6. The van der Waals surface area contributed by atoms with Crippen molar-refractivity contribution in [2.24, 2.45) is 12.2 Å². The molecular weight excluding hydrogens is 314 g/mol. The smallest absolute Gasteiger partial charge is 0.270 e. The molecule has 2 N–H and O–H groups in total. The number of aryl methyl sites for hydroxylation is 1. The molecule has 0 saturated carbocycles. The number of sulfonamides is 1. The lowest BCUT2D eigenvalue weighted by molar-refractivity contribution is 0.0732. The van der Waals surface area contributed by atoms with Crippen LogP contribution in [0.5, 0.6) is 0 Å². The maximum absolute atomic E-state index is 12.6. The van der Waals surface area contributed by atoms with Gasteiger partial charge in [-0.25, -0.2) is 13.6 Å². The first-order chi connectivity index (χ1) is 10.6. The van der Waals surface area contributed by atoms with Crippen LogP contribution in [0.3, 0.4) is 0 Å². The highest BCUT2D eigenvalue weighted by molar-refractivity contribution is 7.89. The van der Waals surface area contributed by atoms with Crippen LogP contribution >= 0.6 is 0 Å². The van der Waals surface area contributed by atoms with Gasteiger partial charge in [0.15, 0.2) is 0 Å². The summed E-state index contributed by atoms with van der Waals surface area (Å²) in [5, 5.41) is 5.16. The second-order valence-electron chi connectivity index (χ2n) is 5.63. The Morgan fingerprint density at radius 1 is 1.26 bits per heavy atom. The van der Waals surface area contributed by atoms with Gasteiger partial charge in [-0.15, -0.1) is 0 Å². The summed E-state index contributed by atoms with van der Waals surface area (Å²) in [7, 11) is -0.238. The van der Waals surface area contributed by atoms with Gasteiger partial charge in [0.2, 0.25) is 10.0 Å². The van der Waals surface area contributed by atoms with Crippen LogP contribution in [0.25, 0.3) is 0 Å². The minimum atomic E-state index is -3.77. The van der Waals surface area contributed by atoms with Gasteiger partial charge in [0.05, 0.1) is 10.9 Å². The highest BCUT2D eigenvalue weighted by Gasteiger charge is 2.22. The summed E-state index contributed by atoms with van der Waals surface area (Å²) in [4.78, 5) is 14.3. The molecule has 0 bridgehead atoms. The minimum absolute atomic E-state index is 0.0393. The van der Waals surface area contributed by atoms with E-state index in [2.05, 4.69) is 0 Å². The molecule has 2 rings (SSSR count). The summed E-state index contributed by atoms with van der Waals surface area (Å²) in [6, 6.07) is 9.71. The standard InChI is InChI=1S/C16H21N3O3S/c1-11-8-9-15(18(11)3)16(20)19(4)12(2)13-6-5-7-14(10-13)23(17,21)22/h5-10,12H,1-4H3,(H2,17,21,22)/t12-/m0/s1. The number of amides is 1. The highest BCUT2D eigenvalue weighted by Crippen LogP contribution is 2.23. The van der Waals surface area contributed by atoms with Gasteiger partial charge in [0.25, 0.3) is 5.91 Å². The molecule has 6 nitrogen and oxygen atoms in total. The van der Waals surface area contributed by atoms with Crippen molar-refractivity contribution < 1.29 is 13.2 Å². The predicted octanol–water partition coefficient (Wildman–Crippen LogP) is 1.81. The van der Waals surface area contributed by atoms with Gasteiger partial charge >= 0.3 is 0 Å². The first kappa shape index (κ1) is 17.2. The normalized spacial score (nSPS) is 12.9. The number of nitrogens with zero attached hydrogens (tertiary/aromatic N) is 2. The monoisotopic (exact) mass is 335 g/mol. The molecule has 0 radical (unpaired) electrons. The van der Waals surface area contributed by atoms with Crippen LogP contribution in [0, 0.1) is 6.92 Å². The zero-order valence-electron chi connectivity index (χ0n) is 13.6. The summed E-state index contributed by atoms with van der Waals surface area (Å²) in [6.45, 7) is 3.77. The molecule has 1 aromatic carbocycles. The Balaban J connectivity index is 2.31. The van der Waals surface area contributed by atoms with E-state index in [1.165, 1.54) is 12.1 Å². The van der Waals surface area contributed by atoms with E-state index in [0.717, 1.165) is 5.69 Å². The van der Waals surface area contributed by atoms with Crippen LogP contribution in [0.1, 0.15) is 34.7 Å². The Bertz CT molecular complexity index is 840. The Morgan fingerprint density at radius 2 is 1.91 bits per heavy atom. The highest BCUT2D eigenvalue weighted by atomic mass is 32.2. The van der Waals surface area contributed by atoms with Gasteiger partial charge in [-0.05, 0) is 43.7 Å². The molecule has 0 saturated heterocycles. The van der Waals surface area contributed by atoms with Crippen molar-refractivity contribution in [1.29, 1.82) is 0 Å². The van der Waals surface area contributed by atoms with Gasteiger partial charge in [-0.1, -0.05) is 12.1 Å². The van der Waals surface area contributed by atoms with Crippen LogP contribution in [0.4, 0.5) is 0 Å². The number of aromatic nitrogens is 1. The molecule has 0 aliphatic rings. The average Bonchev–Trinajstić information content (AvgIpc) is 2.84. The first-order valence-electron chi connectivity index (χ1n) is 7.15. The van der Waals surface area contributed by atoms with Crippen molar-refractivity contribution in [3.63, 3.8) is 0 Å². The van der Waals surface area contributed by atoms with Gasteiger partial charge in [0.1, 0.15) is 5.69 Å². The number of carbonyl (C=O) groups is 1. The lowest BCUT2D eigenvalue weighted by atomic mass is 10.1. The van der Waals surface area contributed by atoms with Crippen LogP contribution < -0.4 is 5.14 Å². The van der Waals surface area contributed by atoms with Gasteiger partial charge < -0.3 is 9.47 Å². The number of primary sulfonamides is 1. The van der Waals surface area contributed by atoms with Crippen molar-refractivity contribution in [1.82, 2.24) is 9.47 Å². The van der Waals surface area contributed by atoms with E-state index in [0.29, 0.717) is 11.3 Å². The molecule has 0 aliphatic heterocycles. The SMILES string of the molecule is Cc1ccc(C(=O)N(C)[C@@H](C)c2cccc(S(N)(=O)=O)c2)n1C. The van der Waals surface area contributed by atoms with Crippen molar-refractivity contribution >= 4 is 15.9 Å². The molecule has 0 unspecified atom stereocenters. The zero-order valence-corrected chi connectivity index (χ0v) is 14.5. The van der Waals surface area contributed by atoms with Gasteiger partial charge in [-0.2, -0.15) is 0 Å². The molecular formula is C16H21N3O3S. The fraction of sp³-hybridized carbons (Fsp3) is 0.312. The molecule has 0 spiro atoms. The third-order valence-corrected chi connectivity index (χ3v) is 5.07. The minimum Gasteiger partial charge on any atom is -0.344 e. The predicted molar refractivity (Wildman–Crippen MR) is 88.5 cm³/mol. The third kappa shape index (κ3) is 3.46. The number of hydrogen-bond acceptors (Lipinski definition) is 3. The van der Waals surface area contributed by atoms with Crippen molar-refractivity contribution in [3.05, 3.63) is 53.3 Å². The summed E-state index contributed by atoms with van der Waals surface area (Å²) in [5.74, 6) is -0.130. The fourth-order valence-corrected chi connectivity index (χ4v) is 2.93. The van der Waals surface area contributed by atoms with E-state index in [1.54, 1.807) is 30.1 Å². The van der Waals surface area contributed by atoms with E-state index in [1.807, 2.05) is 31.5 Å². The van der Waals surface area contributed by atoms with E-state index >= 15 is 0 Å². The quantitative estimate of drug-likeness (QED) is 0.924. The molecule has 1 amide bonds. The number of benzene rings is 1. The average molecular weight is 335 g/mol. The fourth-order valence-electron chi connectivity index (χ4n) is 2.36. The lowest BCUT2D eigenvalue weighted by Crippen LogP contribution is -2.31. The van der Waals surface area contributed by atoms with E-state index in [9.17, 15) is 13.2 Å². The van der Waals surface area contributed by atoms with E-state index in [4.69, 9.17) is 5.14 Å². The molecule has 1 atom stereocenters. The maximum Gasteiger partial charge on any atom is 0.270 e. The van der Waals surface area contributed by atoms with Gasteiger partial charge in [-0.3, -0.25) is 4.79 Å². The Labute approximate surface area is 136 Å². The molecule has 1 heterocycles. The van der Waals surface area contributed by atoms with E-state index < -0.39 is 10.0 Å². The first-order valence-corrected chi connectivity index (χ1v) is 8.70. The molecule has 23 heavy (non-hydrogen) atoms. The largest absolute Gasteiger partial charge is 0.344 e. The Hall–Kier alpha value is -2.12. The van der Waals surface area contributed by atoms with Crippen LogP contribution in [-0.2, 0) is 17.1 Å². The van der Waals surface area contributed by atoms with Gasteiger partial charge in [0, 0.05) is 19.8 Å². The summed E-state index contributed by atoms with van der Waals surface area (Å²) < 4.78 is 24.8. The lowest BCUT2D eigenvalue weighted by Gasteiger charge is -2.26. The van der Waals surface area contributed by atoms with Crippen molar-refractivity contribution in [2.45, 2.75) is 24.8 Å². The number of nitrogens with two attached hydrogens (primary N) is 1. The second-order valence-corrected chi connectivity index (χ2v) is 7.19.